The van der Waals surface area contributed by atoms with Crippen LogP contribution in [0.25, 0.3) is 0 Å². The zero-order valence-corrected chi connectivity index (χ0v) is 17.1. The van der Waals surface area contributed by atoms with Crippen molar-refractivity contribution in [2.75, 3.05) is 45.8 Å². The highest BCUT2D eigenvalue weighted by Gasteiger charge is 2.38. The zero-order chi connectivity index (χ0) is 17.5. The van der Waals surface area contributed by atoms with Gasteiger partial charge in [0, 0.05) is 37.8 Å². The molecule has 3 fully saturated rings. The van der Waals surface area contributed by atoms with Crippen LogP contribution < -0.4 is 0 Å². The van der Waals surface area contributed by atoms with Crippen LogP contribution in [-0.2, 0) is 0 Å². The van der Waals surface area contributed by atoms with Crippen molar-refractivity contribution < 1.29 is 0 Å². The molecule has 3 aliphatic heterocycles. The van der Waals surface area contributed by atoms with Gasteiger partial charge in [-0.2, -0.15) is 0 Å². The summed E-state index contributed by atoms with van der Waals surface area (Å²) in [6.07, 6.45) is 4.21. The largest absolute Gasteiger partial charge is 0.301 e. The van der Waals surface area contributed by atoms with Gasteiger partial charge in [-0.1, -0.05) is 20.8 Å². The monoisotopic (exact) mass is 335 g/mol. The van der Waals surface area contributed by atoms with Crippen LogP contribution in [-0.4, -0.2) is 72.1 Å². The summed E-state index contributed by atoms with van der Waals surface area (Å²) in [5.74, 6) is 1.83. The summed E-state index contributed by atoms with van der Waals surface area (Å²) in [6, 6.07) is 0.838. The average Bonchev–Trinajstić information content (AvgIpc) is 2.89. The van der Waals surface area contributed by atoms with Crippen molar-refractivity contribution in [3.05, 3.63) is 0 Å². The number of hydrogen-bond acceptors (Lipinski definition) is 3. The molecule has 3 nitrogen and oxygen atoms in total. The molecule has 0 aromatic heterocycles. The fraction of sp³-hybridized carbons (Fsp3) is 1.00. The standard InChI is InChI=1S/C21H41N3/c1-20(2,3)18-7-11-23(12-8-18)19-9-10-22(16-19)13-17-14-24(15-17)21(4,5)6/h17-19H,7-16H2,1-6H3. The van der Waals surface area contributed by atoms with E-state index in [0.29, 0.717) is 11.0 Å². The Kier molecular flexibility index (Phi) is 5.36. The molecule has 24 heavy (non-hydrogen) atoms. The Bertz CT molecular complexity index is 406. The van der Waals surface area contributed by atoms with Crippen LogP contribution >= 0.6 is 0 Å². The Balaban J connectivity index is 1.38. The maximum atomic E-state index is 2.81. The molecule has 0 spiro atoms. The SMILES string of the molecule is CC(C)(C)C1CCN(C2CCN(CC3CN(C(C)(C)C)C3)C2)CC1. The van der Waals surface area contributed by atoms with Crippen LogP contribution in [0.3, 0.4) is 0 Å². The van der Waals surface area contributed by atoms with Crippen molar-refractivity contribution in [3.8, 4) is 0 Å². The average molecular weight is 336 g/mol. The molecule has 0 N–H and O–H groups in total. The van der Waals surface area contributed by atoms with Crippen LogP contribution in [0.4, 0.5) is 0 Å². The molecule has 0 aliphatic carbocycles. The van der Waals surface area contributed by atoms with E-state index in [1.165, 1.54) is 65.1 Å². The summed E-state index contributed by atoms with van der Waals surface area (Å²) in [4.78, 5) is 8.19. The van der Waals surface area contributed by atoms with Gasteiger partial charge < -0.3 is 4.90 Å². The first-order chi connectivity index (χ1) is 11.1. The van der Waals surface area contributed by atoms with E-state index in [2.05, 4.69) is 56.2 Å². The summed E-state index contributed by atoms with van der Waals surface area (Å²) >= 11 is 0. The second kappa shape index (κ2) is 6.89. The van der Waals surface area contributed by atoms with Crippen LogP contribution in [0.5, 0.6) is 0 Å². The highest BCUT2D eigenvalue weighted by atomic mass is 15.3. The molecule has 1 unspecified atom stereocenters. The molecule has 0 saturated carbocycles. The van der Waals surface area contributed by atoms with Gasteiger partial charge in [0.05, 0.1) is 0 Å². The predicted octanol–water partition coefficient (Wildman–Crippen LogP) is 3.55. The van der Waals surface area contributed by atoms with Crippen molar-refractivity contribution in [3.63, 3.8) is 0 Å². The van der Waals surface area contributed by atoms with Crippen molar-refractivity contribution in [2.24, 2.45) is 17.3 Å². The van der Waals surface area contributed by atoms with Crippen molar-refractivity contribution >= 4 is 0 Å². The van der Waals surface area contributed by atoms with Gasteiger partial charge in [-0.15, -0.1) is 0 Å². The molecule has 3 aliphatic rings. The molecule has 0 aromatic carbocycles. The highest BCUT2D eigenvalue weighted by Crippen LogP contribution is 2.35. The van der Waals surface area contributed by atoms with E-state index >= 15 is 0 Å². The summed E-state index contributed by atoms with van der Waals surface area (Å²) in [5, 5.41) is 0. The molecule has 3 heterocycles. The fourth-order valence-electron chi connectivity index (χ4n) is 5.00. The highest BCUT2D eigenvalue weighted by molar-refractivity contribution is 4.93. The van der Waals surface area contributed by atoms with Gasteiger partial charge in [-0.25, -0.2) is 0 Å². The molecule has 3 rings (SSSR count). The van der Waals surface area contributed by atoms with Crippen LogP contribution in [0, 0.1) is 17.3 Å². The molecule has 3 heteroatoms. The summed E-state index contributed by atoms with van der Waals surface area (Å²) in [5.41, 5.74) is 0.860. The van der Waals surface area contributed by atoms with E-state index in [0.717, 1.165) is 17.9 Å². The number of nitrogens with zero attached hydrogens (tertiary/aromatic N) is 3. The summed E-state index contributed by atoms with van der Waals surface area (Å²) in [6.45, 7) is 23.6. The maximum absolute atomic E-state index is 2.81. The Morgan fingerprint density at radius 1 is 0.792 bits per heavy atom. The van der Waals surface area contributed by atoms with Gasteiger partial charge in [0.2, 0.25) is 0 Å². The van der Waals surface area contributed by atoms with Crippen LogP contribution in [0.2, 0.25) is 0 Å². The topological polar surface area (TPSA) is 9.72 Å². The van der Waals surface area contributed by atoms with Gasteiger partial charge in [0.25, 0.3) is 0 Å². The Morgan fingerprint density at radius 3 is 1.96 bits per heavy atom. The smallest absolute Gasteiger partial charge is 0.0235 e. The summed E-state index contributed by atoms with van der Waals surface area (Å²) < 4.78 is 0. The normalized spacial score (nSPS) is 30.0. The van der Waals surface area contributed by atoms with Gasteiger partial charge in [-0.05, 0) is 76.9 Å². The van der Waals surface area contributed by atoms with E-state index in [9.17, 15) is 0 Å². The minimum atomic E-state index is 0.363. The molecule has 0 amide bonds. The zero-order valence-electron chi connectivity index (χ0n) is 17.1. The third kappa shape index (κ3) is 4.34. The van der Waals surface area contributed by atoms with Gasteiger partial charge >= 0.3 is 0 Å². The number of likely N-dealkylation sites (tertiary alicyclic amines) is 3. The minimum absolute atomic E-state index is 0.363. The van der Waals surface area contributed by atoms with Crippen molar-refractivity contribution in [2.45, 2.75) is 72.4 Å². The van der Waals surface area contributed by atoms with Crippen molar-refractivity contribution in [1.29, 1.82) is 0 Å². The van der Waals surface area contributed by atoms with Gasteiger partial charge in [0.1, 0.15) is 0 Å². The second-order valence-corrected chi connectivity index (χ2v) is 10.8. The molecular formula is C21H41N3. The van der Waals surface area contributed by atoms with E-state index in [1.807, 2.05) is 0 Å². The number of piperidine rings is 1. The molecule has 0 aromatic rings. The first-order valence-electron chi connectivity index (χ1n) is 10.3. The lowest BCUT2D eigenvalue weighted by Crippen LogP contribution is -2.58. The first kappa shape index (κ1) is 18.7. The van der Waals surface area contributed by atoms with E-state index < -0.39 is 0 Å². The Morgan fingerprint density at radius 2 is 1.42 bits per heavy atom. The second-order valence-electron chi connectivity index (χ2n) is 10.8. The lowest BCUT2D eigenvalue weighted by Gasteiger charge is -2.48. The minimum Gasteiger partial charge on any atom is -0.301 e. The quantitative estimate of drug-likeness (QED) is 0.781. The molecular weight excluding hydrogens is 294 g/mol. The van der Waals surface area contributed by atoms with E-state index in [4.69, 9.17) is 0 Å². The van der Waals surface area contributed by atoms with E-state index in [-0.39, 0.29) is 0 Å². The third-order valence-electron chi connectivity index (χ3n) is 6.94. The predicted molar refractivity (Wildman–Crippen MR) is 103 cm³/mol. The summed E-state index contributed by atoms with van der Waals surface area (Å²) in [7, 11) is 0. The number of hydrogen-bond donors (Lipinski definition) is 0. The Hall–Kier alpha value is -0.120. The first-order valence-corrected chi connectivity index (χ1v) is 10.3. The molecule has 0 bridgehead atoms. The van der Waals surface area contributed by atoms with Gasteiger partial charge in [-0.3, -0.25) is 9.80 Å². The fourth-order valence-corrected chi connectivity index (χ4v) is 5.00. The van der Waals surface area contributed by atoms with Crippen LogP contribution in [0.1, 0.15) is 60.8 Å². The third-order valence-corrected chi connectivity index (χ3v) is 6.94. The van der Waals surface area contributed by atoms with Crippen LogP contribution in [0.15, 0.2) is 0 Å². The maximum Gasteiger partial charge on any atom is 0.0235 e. The van der Waals surface area contributed by atoms with Crippen molar-refractivity contribution in [1.82, 2.24) is 14.7 Å². The van der Waals surface area contributed by atoms with Gasteiger partial charge in [0.15, 0.2) is 0 Å². The molecule has 1 atom stereocenters. The van der Waals surface area contributed by atoms with E-state index in [1.54, 1.807) is 0 Å². The lowest BCUT2D eigenvalue weighted by atomic mass is 9.75. The number of rotatable bonds is 3. The molecule has 0 radical (unpaired) electrons. The molecule has 3 saturated heterocycles. The molecule has 140 valence electrons. The lowest BCUT2D eigenvalue weighted by molar-refractivity contribution is -0.000253. The Labute approximate surface area is 150 Å².